The van der Waals surface area contributed by atoms with E-state index in [-0.39, 0.29) is 26.3 Å². The molecule has 3 aliphatic rings. The first-order valence-corrected chi connectivity index (χ1v) is 9.67. The van der Waals surface area contributed by atoms with E-state index >= 15 is 0 Å². The Morgan fingerprint density at radius 1 is 1.46 bits per heavy atom. The number of fused-ring (bicyclic) bond motifs is 2. The number of hydrogen-bond donors (Lipinski definition) is 3. The predicted molar refractivity (Wildman–Crippen MR) is 99.7 cm³/mol. The van der Waals surface area contributed by atoms with Crippen molar-refractivity contribution in [3.8, 4) is 0 Å². The molecule has 150 valence electrons. The summed E-state index contributed by atoms with van der Waals surface area (Å²) >= 11 is 1.41. The maximum Gasteiger partial charge on any atom is 0.337 e. The van der Waals surface area contributed by atoms with E-state index in [4.69, 9.17) is 15.2 Å². The lowest BCUT2D eigenvalue weighted by Crippen LogP contribution is -2.69. The Hall–Kier alpha value is -2.34. The molecule has 28 heavy (non-hydrogen) atoms. The zero-order valence-electron chi connectivity index (χ0n) is 15.3. The van der Waals surface area contributed by atoms with Crippen LogP contribution in [0.4, 0.5) is 0 Å². The summed E-state index contributed by atoms with van der Waals surface area (Å²) in [5.74, 6) is -0.960. The van der Waals surface area contributed by atoms with Crippen molar-refractivity contribution in [1.82, 2.24) is 15.2 Å². The van der Waals surface area contributed by atoms with Gasteiger partial charge in [-0.15, -0.1) is 11.3 Å². The number of ether oxygens (including phenoxy) is 2. The molecule has 2 atom stereocenters. The van der Waals surface area contributed by atoms with Crippen molar-refractivity contribution in [3.63, 3.8) is 0 Å². The molecule has 0 aliphatic carbocycles. The van der Waals surface area contributed by atoms with Crippen molar-refractivity contribution in [2.24, 2.45) is 10.7 Å². The largest absolute Gasteiger partial charge is 0.480 e. The molecule has 2 unspecified atom stereocenters. The number of aromatic nitrogens is 1. The second kappa shape index (κ2) is 6.92. The van der Waals surface area contributed by atoms with Crippen LogP contribution < -0.4 is 11.1 Å². The zero-order valence-corrected chi connectivity index (χ0v) is 16.1. The third-order valence-electron chi connectivity index (χ3n) is 5.53. The summed E-state index contributed by atoms with van der Waals surface area (Å²) in [5, 5.41) is 15.6. The number of thiazole rings is 1. The van der Waals surface area contributed by atoms with E-state index in [1.165, 1.54) is 18.4 Å². The predicted octanol–water partition coefficient (Wildman–Crippen LogP) is -0.476. The van der Waals surface area contributed by atoms with Gasteiger partial charge in [0, 0.05) is 23.8 Å². The number of nitrogens with one attached hydrogen (secondary N) is 1. The van der Waals surface area contributed by atoms with Crippen LogP contribution in [0.5, 0.6) is 0 Å². The number of carbonyl (C=O) groups excluding carboxylic acids is 1. The number of hydrogen-bond acceptors (Lipinski definition) is 10. The average molecular weight is 407 g/mol. The number of aliphatic imine (C=N–C) groups is 1. The Morgan fingerprint density at radius 2 is 2.29 bits per heavy atom. The van der Waals surface area contributed by atoms with E-state index in [1.807, 2.05) is 5.38 Å². The van der Waals surface area contributed by atoms with E-state index < -0.39 is 23.1 Å². The standard InChI is InChI=1S/C17H21N5O5S/c1-26-14(23)10-6-20-12(13-19-4-5-28-13)21-11(10)7-22-16(15(24)25)2-3-17(22,18)9-27-8-16/h4-5H,2-3,6-9,18H2,1H3,(H,20,21)(H,24,25). The Labute approximate surface area is 165 Å². The summed E-state index contributed by atoms with van der Waals surface area (Å²) in [6.07, 6.45) is 2.54. The highest BCUT2D eigenvalue weighted by molar-refractivity contribution is 7.11. The van der Waals surface area contributed by atoms with Crippen molar-refractivity contribution in [3.05, 3.63) is 27.9 Å². The fourth-order valence-electron chi connectivity index (χ4n) is 3.99. The van der Waals surface area contributed by atoms with Gasteiger partial charge in [-0.2, -0.15) is 0 Å². The van der Waals surface area contributed by atoms with Crippen LogP contribution in [0.3, 0.4) is 0 Å². The second-order valence-corrected chi connectivity index (χ2v) is 7.99. The molecule has 3 aliphatic heterocycles. The number of aliphatic carboxylic acids is 1. The topological polar surface area (TPSA) is 139 Å². The molecule has 4 heterocycles. The van der Waals surface area contributed by atoms with Gasteiger partial charge in [0.05, 0.1) is 38.1 Å². The Morgan fingerprint density at radius 3 is 2.96 bits per heavy atom. The SMILES string of the molecule is COC(=O)C1=C(CN2C3(N)CCC2(C(=O)O)COC3)NC(c2nccs2)=NC1. The zero-order chi connectivity index (χ0) is 19.9. The molecule has 0 radical (unpaired) electrons. The quantitative estimate of drug-likeness (QED) is 0.552. The molecule has 4 rings (SSSR count). The lowest BCUT2D eigenvalue weighted by atomic mass is 9.96. The fraction of sp³-hybridized carbons (Fsp3) is 0.529. The molecule has 0 amide bonds. The van der Waals surface area contributed by atoms with Gasteiger partial charge in [0.2, 0.25) is 0 Å². The van der Waals surface area contributed by atoms with Crippen LogP contribution in [-0.2, 0) is 19.1 Å². The summed E-state index contributed by atoms with van der Waals surface area (Å²) < 4.78 is 10.4. The first-order valence-electron chi connectivity index (χ1n) is 8.79. The Bertz CT molecular complexity index is 869. The van der Waals surface area contributed by atoms with Gasteiger partial charge in [-0.05, 0) is 12.8 Å². The van der Waals surface area contributed by atoms with E-state index in [9.17, 15) is 14.7 Å². The summed E-state index contributed by atoms with van der Waals surface area (Å²) in [6, 6.07) is 0. The molecule has 1 aromatic rings. The maximum absolute atomic E-state index is 12.3. The van der Waals surface area contributed by atoms with Crippen LogP contribution >= 0.6 is 11.3 Å². The van der Waals surface area contributed by atoms with Gasteiger partial charge in [-0.1, -0.05) is 0 Å². The fourth-order valence-corrected chi connectivity index (χ4v) is 4.59. The third kappa shape index (κ3) is 2.91. The normalized spacial score (nSPS) is 30.0. The molecule has 2 bridgehead atoms. The average Bonchev–Trinajstić information content (AvgIpc) is 3.26. The van der Waals surface area contributed by atoms with E-state index in [0.29, 0.717) is 35.0 Å². The minimum absolute atomic E-state index is 0.0511. The summed E-state index contributed by atoms with van der Waals surface area (Å²) in [6.45, 7) is 0.540. The Balaban J connectivity index is 1.69. The highest BCUT2D eigenvalue weighted by Gasteiger charge is 2.61. The molecule has 2 saturated heterocycles. The molecule has 0 saturated carbocycles. The van der Waals surface area contributed by atoms with Crippen LogP contribution in [0, 0.1) is 0 Å². The molecular weight excluding hydrogens is 386 g/mol. The van der Waals surface area contributed by atoms with E-state index in [2.05, 4.69) is 15.3 Å². The number of nitrogens with zero attached hydrogens (tertiary/aromatic N) is 3. The van der Waals surface area contributed by atoms with Crippen molar-refractivity contribution < 1.29 is 24.2 Å². The van der Waals surface area contributed by atoms with Crippen LogP contribution in [0.2, 0.25) is 0 Å². The van der Waals surface area contributed by atoms with E-state index in [0.717, 1.165) is 0 Å². The third-order valence-corrected chi connectivity index (χ3v) is 6.31. The summed E-state index contributed by atoms with van der Waals surface area (Å²) in [4.78, 5) is 34.8. The van der Waals surface area contributed by atoms with Crippen LogP contribution in [0.15, 0.2) is 27.8 Å². The molecule has 1 aromatic heterocycles. The smallest absolute Gasteiger partial charge is 0.337 e. The number of morpholine rings is 1. The lowest BCUT2D eigenvalue weighted by Gasteiger charge is -2.47. The summed E-state index contributed by atoms with van der Waals surface area (Å²) in [5.41, 5.74) is 5.23. The van der Waals surface area contributed by atoms with Crippen molar-refractivity contribution >= 4 is 29.1 Å². The summed E-state index contributed by atoms with van der Waals surface area (Å²) in [7, 11) is 1.30. The minimum Gasteiger partial charge on any atom is -0.480 e. The van der Waals surface area contributed by atoms with Crippen molar-refractivity contribution in [2.45, 2.75) is 24.0 Å². The van der Waals surface area contributed by atoms with Crippen molar-refractivity contribution in [1.29, 1.82) is 0 Å². The van der Waals surface area contributed by atoms with Gasteiger partial charge in [-0.3, -0.25) is 14.7 Å². The Kier molecular flexibility index (Phi) is 4.70. The number of amidine groups is 1. The van der Waals surface area contributed by atoms with Gasteiger partial charge in [0.1, 0.15) is 5.54 Å². The number of carboxylic acids is 1. The van der Waals surface area contributed by atoms with Gasteiger partial charge >= 0.3 is 11.9 Å². The molecule has 11 heteroatoms. The lowest BCUT2D eigenvalue weighted by molar-refractivity contribution is -0.169. The number of carbonyl (C=O) groups is 2. The first kappa shape index (κ1) is 19.0. The van der Waals surface area contributed by atoms with Gasteiger partial charge < -0.3 is 25.6 Å². The number of esters is 1. The van der Waals surface area contributed by atoms with Crippen LogP contribution in [0.1, 0.15) is 17.8 Å². The number of rotatable bonds is 5. The number of nitrogens with two attached hydrogens (primary N) is 1. The monoisotopic (exact) mass is 407 g/mol. The van der Waals surface area contributed by atoms with Crippen LogP contribution in [0.25, 0.3) is 0 Å². The number of carboxylic acid groups (broad SMARTS) is 1. The molecular formula is C17H21N5O5S. The van der Waals surface area contributed by atoms with E-state index in [1.54, 1.807) is 11.1 Å². The molecule has 10 nitrogen and oxygen atoms in total. The maximum atomic E-state index is 12.3. The highest BCUT2D eigenvalue weighted by Crippen LogP contribution is 2.43. The van der Waals surface area contributed by atoms with Crippen molar-refractivity contribution in [2.75, 3.05) is 33.4 Å². The first-order chi connectivity index (χ1) is 13.4. The van der Waals surface area contributed by atoms with Gasteiger partial charge in [-0.25, -0.2) is 9.78 Å². The number of methoxy groups -OCH3 is 1. The van der Waals surface area contributed by atoms with Gasteiger partial charge in [0.25, 0.3) is 0 Å². The molecule has 4 N–H and O–H groups in total. The molecule has 0 spiro atoms. The second-order valence-electron chi connectivity index (χ2n) is 7.10. The molecule has 0 aromatic carbocycles. The van der Waals surface area contributed by atoms with Gasteiger partial charge in [0.15, 0.2) is 10.8 Å². The highest BCUT2D eigenvalue weighted by atomic mass is 32.1. The minimum atomic E-state index is -1.22. The molecule has 2 fully saturated rings. The van der Waals surface area contributed by atoms with Crippen LogP contribution in [-0.4, -0.2) is 77.4 Å².